The quantitative estimate of drug-likeness (QED) is 0.502. The molecule has 0 aromatic carbocycles. The Hall–Kier alpha value is -1.36. The van der Waals surface area contributed by atoms with Crippen molar-refractivity contribution >= 4 is 11.6 Å². The molecule has 82 valence electrons. The summed E-state index contributed by atoms with van der Waals surface area (Å²) < 4.78 is 0. The highest BCUT2D eigenvalue weighted by atomic mass is 15.3. The SMILES string of the molecule is CC(CC1CC1)Nc1cncc(NN)n1. The first kappa shape index (κ1) is 10.2. The summed E-state index contributed by atoms with van der Waals surface area (Å²) in [6, 6.07) is 0.444. The average Bonchev–Trinajstić information content (AvgIpc) is 3.02. The Labute approximate surface area is 89.5 Å². The van der Waals surface area contributed by atoms with E-state index in [0.29, 0.717) is 11.9 Å². The van der Waals surface area contributed by atoms with E-state index in [4.69, 9.17) is 5.84 Å². The van der Waals surface area contributed by atoms with Crippen LogP contribution in [0.2, 0.25) is 0 Å². The largest absolute Gasteiger partial charge is 0.366 e. The molecule has 2 rings (SSSR count). The normalized spacial score (nSPS) is 17.2. The minimum Gasteiger partial charge on any atom is -0.366 e. The Morgan fingerprint density at radius 2 is 2.20 bits per heavy atom. The van der Waals surface area contributed by atoms with Crippen molar-refractivity contribution < 1.29 is 0 Å². The number of anilines is 2. The molecule has 5 heteroatoms. The summed E-state index contributed by atoms with van der Waals surface area (Å²) >= 11 is 0. The molecule has 0 spiro atoms. The summed E-state index contributed by atoms with van der Waals surface area (Å²) in [6.45, 7) is 2.17. The van der Waals surface area contributed by atoms with E-state index in [1.807, 2.05) is 0 Å². The zero-order valence-electron chi connectivity index (χ0n) is 8.90. The van der Waals surface area contributed by atoms with Crippen molar-refractivity contribution in [3.05, 3.63) is 12.4 Å². The van der Waals surface area contributed by atoms with Crippen molar-refractivity contribution in [3.8, 4) is 0 Å². The van der Waals surface area contributed by atoms with Gasteiger partial charge in [-0.2, -0.15) is 0 Å². The fourth-order valence-corrected chi connectivity index (χ4v) is 1.67. The van der Waals surface area contributed by atoms with E-state index in [2.05, 4.69) is 27.6 Å². The fraction of sp³-hybridized carbons (Fsp3) is 0.600. The highest BCUT2D eigenvalue weighted by Gasteiger charge is 2.23. The van der Waals surface area contributed by atoms with E-state index in [9.17, 15) is 0 Å². The number of nitrogens with one attached hydrogen (secondary N) is 2. The van der Waals surface area contributed by atoms with E-state index in [0.717, 1.165) is 11.7 Å². The lowest BCUT2D eigenvalue weighted by molar-refractivity contribution is 0.640. The van der Waals surface area contributed by atoms with Crippen LogP contribution in [0, 0.1) is 5.92 Å². The lowest BCUT2D eigenvalue weighted by Gasteiger charge is -2.13. The summed E-state index contributed by atoms with van der Waals surface area (Å²) in [4.78, 5) is 8.28. The van der Waals surface area contributed by atoms with Gasteiger partial charge in [0.2, 0.25) is 0 Å². The minimum atomic E-state index is 0.444. The zero-order valence-corrected chi connectivity index (χ0v) is 8.90. The molecule has 1 saturated carbocycles. The van der Waals surface area contributed by atoms with Gasteiger partial charge < -0.3 is 10.7 Å². The van der Waals surface area contributed by atoms with Crippen molar-refractivity contribution in [2.24, 2.45) is 11.8 Å². The monoisotopic (exact) mass is 207 g/mol. The third-order valence-electron chi connectivity index (χ3n) is 2.56. The number of nitrogen functional groups attached to an aromatic ring is 1. The maximum absolute atomic E-state index is 5.26. The highest BCUT2D eigenvalue weighted by Crippen LogP contribution is 2.33. The van der Waals surface area contributed by atoms with Crippen LogP contribution in [0.4, 0.5) is 11.6 Å². The number of hydrogen-bond donors (Lipinski definition) is 3. The lowest BCUT2D eigenvalue weighted by atomic mass is 10.1. The standard InChI is InChI=1S/C10H17N5/c1-7(4-8-2-3-8)13-9-5-12-6-10(14-9)15-11/h5-8H,2-4,11H2,1H3,(H2,13,14,15). The average molecular weight is 207 g/mol. The summed E-state index contributed by atoms with van der Waals surface area (Å²) in [5.41, 5.74) is 2.48. The summed E-state index contributed by atoms with van der Waals surface area (Å²) in [5.74, 6) is 7.53. The summed E-state index contributed by atoms with van der Waals surface area (Å²) in [6.07, 6.45) is 7.27. The number of aromatic nitrogens is 2. The molecule has 1 aromatic heterocycles. The molecule has 1 unspecified atom stereocenters. The van der Waals surface area contributed by atoms with Gasteiger partial charge in [0.05, 0.1) is 12.4 Å². The number of nitrogens with zero attached hydrogens (tertiary/aromatic N) is 2. The van der Waals surface area contributed by atoms with Gasteiger partial charge in [0.15, 0.2) is 5.82 Å². The topological polar surface area (TPSA) is 75.9 Å². The van der Waals surface area contributed by atoms with Crippen molar-refractivity contribution in [2.45, 2.75) is 32.2 Å². The van der Waals surface area contributed by atoms with Gasteiger partial charge >= 0.3 is 0 Å². The van der Waals surface area contributed by atoms with Crippen molar-refractivity contribution in [2.75, 3.05) is 10.7 Å². The minimum absolute atomic E-state index is 0.444. The Bertz CT molecular complexity index is 323. The second kappa shape index (κ2) is 4.44. The van der Waals surface area contributed by atoms with Gasteiger partial charge in [0, 0.05) is 6.04 Å². The van der Waals surface area contributed by atoms with Crippen LogP contribution in [0.3, 0.4) is 0 Å². The van der Waals surface area contributed by atoms with Crippen LogP contribution < -0.4 is 16.6 Å². The molecule has 0 aliphatic heterocycles. The zero-order chi connectivity index (χ0) is 10.7. The molecule has 0 saturated heterocycles. The highest BCUT2D eigenvalue weighted by molar-refractivity contribution is 5.41. The number of hydrazine groups is 1. The van der Waals surface area contributed by atoms with Crippen LogP contribution in [-0.4, -0.2) is 16.0 Å². The predicted molar refractivity (Wildman–Crippen MR) is 60.3 cm³/mol. The molecule has 0 amide bonds. The first-order valence-corrected chi connectivity index (χ1v) is 5.33. The van der Waals surface area contributed by atoms with Crippen LogP contribution in [0.15, 0.2) is 12.4 Å². The number of hydrogen-bond acceptors (Lipinski definition) is 5. The molecule has 1 heterocycles. The van der Waals surface area contributed by atoms with Crippen LogP contribution in [0.1, 0.15) is 26.2 Å². The molecule has 1 aliphatic rings. The lowest BCUT2D eigenvalue weighted by Crippen LogP contribution is -2.18. The Morgan fingerprint density at radius 1 is 1.47 bits per heavy atom. The fourth-order valence-electron chi connectivity index (χ4n) is 1.67. The smallest absolute Gasteiger partial charge is 0.160 e. The van der Waals surface area contributed by atoms with Gasteiger partial charge in [-0.1, -0.05) is 12.8 Å². The van der Waals surface area contributed by atoms with E-state index >= 15 is 0 Å². The number of nitrogens with two attached hydrogens (primary N) is 1. The molecule has 1 aliphatic carbocycles. The van der Waals surface area contributed by atoms with E-state index in [-0.39, 0.29) is 0 Å². The maximum atomic E-state index is 5.26. The van der Waals surface area contributed by atoms with E-state index < -0.39 is 0 Å². The third-order valence-corrected chi connectivity index (χ3v) is 2.56. The van der Waals surface area contributed by atoms with Crippen LogP contribution in [0.25, 0.3) is 0 Å². The molecular weight excluding hydrogens is 190 g/mol. The van der Waals surface area contributed by atoms with Crippen molar-refractivity contribution in [3.63, 3.8) is 0 Å². The second-order valence-electron chi connectivity index (χ2n) is 4.16. The molecular formula is C10H17N5. The second-order valence-corrected chi connectivity index (χ2v) is 4.16. The third kappa shape index (κ3) is 3.06. The molecule has 1 aromatic rings. The van der Waals surface area contributed by atoms with Crippen molar-refractivity contribution in [1.29, 1.82) is 0 Å². The Kier molecular flexibility index (Phi) is 3.01. The van der Waals surface area contributed by atoms with Gasteiger partial charge in [-0.15, -0.1) is 0 Å². The molecule has 4 N–H and O–H groups in total. The molecule has 15 heavy (non-hydrogen) atoms. The van der Waals surface area contributed by atoms with Gasteiger partial charge in [0.25, 0.3) is 0 Å². The van der Waals surface area contributed by atoms with Crippen LogP contribution in [-0.2, 0) is 0 Å². The molecule has 0 bridgehead atoms. The predicted octanol–water partition coefficient (Wildman–Crippen LogP) is 1.36. The van der Waals surface area contributed by atoms with Gasteiger partial charge in [-0.05, 0) is 19.3 Å². The maximum Gasteiger partial charge on any atom is 0.160 e. The van der Waals surface area contributed by atoms with E-state index in [1.165, 1.54) is 19.3 Å². The molecule has 0 radical (unpaired) electrons. The Balaban J connectivity index is 1.90. The molecule has 1 atom stereocenters. The summed E-state index contributed by atoms with van der Waals surface area (Å²) in [5, 5.41) is 3.32. The van der Waals surface area contributed by atoms with Crippen molar-refractivity contribution in [1.82, 2.24) is 9.97 Å². The van der Waals surface area contributed by atoms with Crippen LogP contribution >= 0.6 is 0 Å². The summed E-state index contributed by atoms with van der Waals surface area (Å²) in [7, 11) is 0. The van der Waals surface area contributed by atoms with Gasteiger partial charge in [0.1, 0.15) is 5.82 Å². The molecule has 1 fully saturated rings. The van der Waals surface area contributed by atoms with Crippen LogP contribution in [0.5, 0.6) is 0 Å². The Morgan fingerprint density at radius 3 is 2.87 bits per heavy atom. The number of rotatable bonds is 5. The first-order chi connectivity index (χ1) is 7.28. The van der Waals surface area contributed by atoms with Gasteiger partial charge in [-0.25, -0.2) is 10.8 Å². The molecule has 5 nitrogen and oxygen atoms in total. The van der Waals surface area contributed by atoms with Gasteiger partial charge in [-0.3, -0.25) is 4.98 Å². The van der Waals surface area contributed by atoms with E-state index in [1.54, 1.807) is 12.4 Å². The first-order valence-electron chi connectivity index (χ1n) is 5.33.